The van der Waals surface area contributed by atoms with Crippen molar-refractivity contribution in [1.82, 2.24) is 9.80 Å². The number of nitrogens with two attached hydrogens (primary N) is 1. The normalized spacial score (nSPS) is 18.1. The van der Waals surface area contributed by atoms with Gasteiger partial charge in [-0.15, -0.1) is 0 Å². The number of β-amino-alcohol motifs (C(OH)–C–C–N with tert-alkyl or cyclic N) is 1. The molecule has 1 aliphatic heterocycles. The minimum atomic E-state index is 0.267. The Morgan fingerprint density at radius 1 is 1.06 bits per heavy atom. The zero-order valence-electron chi connectivity index (χ0n) is 10.9. The topological polar surface area (TPSA) is 52.7 Å². The van der Waals surface area contributed by atoms with Crippen molar-refractivity contribution >= 4 is 5.69 Å². The molecule has 0 spiro atoms. The van der Waals surface area contributed by atoms with Crippen LogP contribution in [0.15, 0.2) is 24.3 Å². The molecule has 100 valence electrons. The van der Waals surface area contributed by atoms with Crippen LogP contribution in [0.1, 0.15) is 5.56 Å². The molecule has 1 aliphatic rings. The molecule has 0 saturated carbocycles. The molecule has 1 heterocycles. The van der Waals surface area contributed by atoms with E-state index >= 15 is 0 Å². The molecule has 4 nitrogen and oxygen atoms in total. The standard InChI is InChI=1S/C14H23N3O/c15-14-3-1-2-13(12-14)4-5-16-6-8-17(9-7-16)10-11-18/h1-3,12,18H,4-11,15H2. The molecule has 0 radical (unpaired) electrons. The maximum Gasteiger partial charge on any atom is 0.0558 e. The van der Waals surface area contributed by atoms with Crippen LogP contribution in [0.2, 0.25) is 0 Å². The number of anilines is 1. The molecule has 1 aromatic carbocycles. The van der Waals surface area contributed by atoms with Crippen molar-refractivity contribution in [3.63, 3.8) is 0 Å². The number of hydrogen-bond acceptors (Lipinski definition) is 4. The van der Waals surface area contributed by atoms with Crippen LogP contribution in [0.3, 0.4) is 0 Å². The molecule has 18 heavy (non-hydrogen) atoms. The molecule has 0 aromatic heterocycles. The molecule has 1 fully saturated rings. The van der Waals surface area contributed by atoms with E-state index in [2.05, 4.69) is 21.9 Å². The van der Waals surface area contributed by atoms with Crippen LogP contribution in [0, 0.1) is 0 Å². The van der Waals surface area contributed by atoms with Crippen molar-refractivity contribution in [3.8, 4) is 0 Å². The molecular weight excluding hydrogens is 226 g/mol. The highest BCUT2D eigenvalue weighted by Crippen LogP contribution is 2.09. The van der Waals surface area contributed by atoms with Gasteiger partial charge >= 0.3 is 0 Å². The summed E-state index contributed by atoms with van der Waals surface area (Å²) >= 11 is 0. The summed E-state index contributed by atoms with van der Waals surface area (Å²) in [5.41, 5.74) is 7.94. The summed E-state index contributed by atoms with van der Waals surface area (Å²) in [6.07, 6.45) is 1.06. The number of nitrogens with zero attached hydrogens (tertiary/aromatic N) is 2. The zero-order valence-corrected chi connectivity index (χ0v) is 10.9. The highest BCUT2D eigenvalue weighted by Gasteiger charge is 2.15. The Balaban J connectivity index is 1.72. The van der Waals surface area contributed by atoms with E-state index < -0.39 is 0 Å². The van der Waals surface area contributed by atoms with Gasteiger partial charge < -0.3 is 15.7 Å². The molecule has 1 saturated heterocycles. The number of hydrogen-bond donors (Lipinski definition) is 2. The summed E-state index contributed by atoms with van der Waals surface area (Å²) in [5.74, 6) is 0. The van der Waals surface area contributed by atoms with Gasteiger partial charge in [-0.25, -0.2) is 0 Å². The number of benzene rings is 1. The minimum absolute atomic E-state index is 0.267. The van der Waals surface area contributed by atoms with Gasteiger partial charge in [0.2, 0.25) is 0 Å². The van der Waals surface area contributed by atoms with Crippen molar-refractivity contribution in [2.75, 3.05) is 51.6 Å². The fraction of sp³-hybridized carbons (Fsp3) is 0.571. The predicted octanol–water partition coefficient (Wildman–Crippen LogP) is 0.421. The first-order valence-electron chi connectivity index (χ1n) is 6.68. The molecule has 1 aromatic rings. The van der Waals surface area contributed by atoms with Crippen molar-refractivity contribution in [1.29, 1.82) is 0 Å². The number of aliphatic hydroxyl groups excluding tert-OH is 1. The number of aliphatic hydroxyl groups is 1. The van der Waals surface area contributed by atoms with Gasteiger partial charge in [-0.3, -0.25) is 4.90 Å². The summed E-state index contributed by atoms with van der Waals surface area (Å²) in [7, 11) is 0. The summed E-state index contributed by atoms with van der Waals surface area (Å²) in [6.45, 7) is 6.50. The van der Waals surface area contributed by atoms with Crippen LogP contribution in [0.25, 0.3) is 0 Å². The Bertz CT molecular complexity index is 362. The first-order valence-corrected chi connectivity index (χ1v) is 6.68. The van der Waals surface area contributed by atoms with Gasteiger partial charge in [-0.05, 0) is 24.1 Å². The Morgan fingerprint density at radius 3 is 2.33 bits per heavy atom. The molecule has 0 amide bonds. The van der Waals surface area contributed by atoms with Crippen LogP contribution < -0.4 is 5.73 Å². The van der Waals surface area contributed by atoms with E-state index in [1.807, 2.05) is 12.1 Å². The SMILES string of the molecule is Nc1cccc(CCN2CCN(CCO)CC2)c1. The highest BCUT2D eigenvalue weighted by atomic mass is 16.3. The molecule has 0 atom stereocenters. The first kappa shape index (κ1) is 13.3. The lowest BCUT2D eigenvalue weighted by Crippen LogP contribution is -2.47. The third-order valence-corrected chi connectivity index (χ3v) is 3.55. The smallest absolute Gasteiger partial charge is 0.0558 e. The van der Waals surface area contributed by atoms with Crippen molar-refractivity contribution in [2.45, 2.75) is 6.42 Å². The number of nitrogen functional groups attached to an aromatic ring is 1. The van der Waals surface area contributed by atoms with Gasteiger partial charge in [-0.1, -0.05) is 12.1 Å². The van der Waals surface area contributed by atoms with Crippen LogP contribution >= 0.6 is 0 Å². The third kappa shape index (κ3) is 3.98. The summed E-state index contributed by atoms with van der Waals surface area (Å²) in [4.78, 5) is 4.80. The van der Waals surface area contributed by atoms with Gasteiger partial charge in [0.15, 0.2) is 0 Å². The molecule has 0 aliphatic carbocycles. The van der Waals surface area contributed by atoms with Crippen LogP contribution in [0.4, 0.5) is 5.69 Å². The van der Waals surface area contributed by atoms with E-state index in [9.17, 15) is 0 Å². The fourth-order valence-electron chi connectivity index (χ4n) is 2.41. The van der Waals surface area contributed by atoms with E-state index in [0.717, 1.165) is 51.4 Å². The largest absolute Gasteiger partial charge is 0.399 e. The van der Waals surface area contributed by atoms with E-state index in [-0.39, 0.29) is 6.61 Å². The summed E-state index contributed by atoms with van der Waals surface area (Å²) in [6, 6.07) is 8.14. The van der Waals surface area contributed by atoms with Crippen molar-refractivity contribution in [3.05, 3.63) is 29.8 Å². The molecule has 2 rings (SSSR count). The van der Waals surface area contributed by atoms with Crippen LogP contribution in [0.5, 0.6) is 0 Å². The second kappa shape index (κ2) is 6.73. The quantitative estimate of drug-likeness (QED) is 0.743. The lowest BCUT2D eigenvalue weighted by molar-refractivity contribution is 0.113. The fourth-order valence-corrected chi connectivity index (χ4v) is 2.41. The Kier molecular flexibility index (Phi) is 4.99. The van der Waals surface area contributed by atoms with E-state index in [0.29, 0.717) is 0 Å². The van der Waals surface area contributed by atoms with E-state index in [4.69, 9.17) is 10.8 Å². The zero-order chi connectivity index (χ0) is 12.8. The van der Waals surface area contributed by atoms with E-state index in [1.165, 1.54) is 5.56 Å². The molecule has 4 heteroatoms. The van der Waals surface area contributed by atoms with E-state index in [1.54, 1.807) is 0 Å². The second-order valence-corrected chi connectivity index (χ2v) is 4.90. The summed E-state index contributed by atoms with van der Waals surface area (Å²) in [5, 5.41) is 8.90. The average Bonchev–Trinajstić information content (AvgIpc) is 2.38. The number of piperazine rings is 1. The van der Waals surface area contributed by atoms with Gasteiger partial charge in [0.25, 0.3) is 0 Å². The van der Waals surface area contributed by atoms with Gasteiger partial charge in [-0.2, -0.15) is 0 Å². The summed E-state index contributed by atoms with van der Waals surface area (Å²) < 4.78 is 0. The lowest BCUT2D eigenvalue weighted by atomic mass is 10.1. The molecule has 0 unspecified atom stereocenters. The van der Waals surface area contributed by atoms with Gasteiger partial charge in [0, 0.05) is 45.0 Å². The molecular formula is C14H23N3O. The van der Waals surface area contributed by atoms with Gasteiger partial charge in [0.05, 0.1) is 6.61 Å². The van der Waals surface area contributed by atoms with Gasteiger partial charge in [0.1, 0.15) is 0 Å². The maximum absolute atomic E-state index is 8.90. The average molecular weight is 249 g/mol. The Hall–Kier alpha value is -1.10. The van der Waals surface area contributed by atoms with Crippen LogP contribution in [-0.2, 0) is 6.42 Å². The van der Waals surface area contributed by atoms with Crippen molar-refractivity contribution in [2.24, 2.45) is 0 Å². The minimum Gasteiger partial charge on any atom is -0.399 e. The first-order chi connectivity index (χ1) is 8.78. The third-order valence-electron chi connectivity index (χ3n) is 3.55. The monoisotopic (exact) mass is 249 g/mol. The highest BCUT2D eigenvalue weighted by molar-refractivity contribution is 5.40. The lowest BCUT2D eigenvalue weighted by Gasteiger charge is -2.34. The molecule has 0 bridgehead atoms. The maximum atomic E-state index is 8.90. The van der Waals surface area contributed by atoms with Crippen LogP contribution in [-0.4, -0.2) is 60.8 Å². The second-order valence-electron chi connectivity index (χ2n) is 4.90. The molecule has 3 N–H and O–H groups in total. The number of rotatable bonds is 5. The van der Waals surface area contributed by atoms with Crippen molar-refractivity contribution < 1.29 is 5.11 Å². The predicted molar refractivity (Wildman–Crippen MR) is 74.5 cm³/mol. The Labute approximate surface area is 109 Å². The Morgan fingerprint density at radius 2 is 1.72 bits per heavy atom.